The summed E-state index contributed by atoms with van der Waals surface area (Å²) in [5.41, 5.74) is 1.59. The number of ether oxygens (including phenoxy) is 2. The molecule has 0 amide bonds. The van der Waals surface area contributed by atoms with Crippen LogP contribution in [0.2, 0.25) is 5.02 Å². The van der Waals surface area contributed by atoms with Crippen molar-refractivity contribution in [1.82, 2.24) is 0 Å². The van der Waals surface area contributed by atoms with Crippen LogP contribution in [0.1, 0.15) is 24.2 Å². The minimum absolute atomic E-state index is 0.560. The molecule has 2 rings (SSSR count). The molecule has 2 aromatic rings. The molecule has 0 saturated carbocycles. The predicted octanol–water partition coefficient (Wildman–Crippen LogP) is 4.50. The second-order valence-corrected chi connectivity index (χ2v) is 5.00. The fourth-order valence-corrected chi connectivity index (χ4v) is 2.17. The van der Waals surface area contributed by atoms with Crippen molar-refractivity contribution >= 4 is 11.6 Å². The number of aliphatic hydroxyl groups is 1. The Labute approximate surface area is 123 Å². The van der Waals surface area contributed by atoms with E-state index in [0.717, 1.165) is 5.56 Å². The summed E-state index contributed by atoms with van der Waals surface area (Å²) in [6.45, 7) is 3.61. The lowest BCUT2D eigenvalue weighted by Crippen LogP contribution is -2.00. The van der Waals surface area contributed by atoms with Crippen LogP contribution in [0.3, 0.4) is 0 Å². The molecule has 0 spiro atoms. The maximum absolute atomic E-state index is 9.93. The molecule has 0 aromatic heterocycles. The number of hydrogen-bond donors (Lipinski definition) is 1. The SMILES string of the molecule is COc1cccc(Oc2cc(Cl)ccc2C)c1[C@H](C)O. The first-order valence-corrected chi connectivity index (χ1v) is 6.69. The number of aliphatic hydroxyl groups excluding tert-OH is 1. The number of aryl methyl sites for hydroxylation is 1. The van der Waals surface area contributed by atoms with Crippen LogP contribution in [0.4, 0.5) is 0 Å². The van der Waals surface area contributed by atoms with E-state index in [1.807, 2.05) is 25.1 Å². The summed E-state index contributed by atoms with van der Waals surface area (Å²) in [6.07, 6.45) is -0.694. The molecule has 3 nitrogen and oxygen atoms in total. The molecule has 0 heterocycles. The lowest BCUT2D eigenvalue weighted by atomic mass is 10.1. The minimum atomic E-state index is -0.694. The Bertz CT molecular complexity index is 609. The largest absolute Gasteiger partial charge is 0.496 e. The van der Waals surface area contributed by atoms with Gasteiger partial charge < -0.3 is 14.6 Å². The van der Waals surface area contributed by atoms with Gasteiger partial charge in [-0.3, -0.25) is 0 Å². The molecular formula is C16H17ClO3. The second-order valence-electron chi connectivity index (χ2n) is 4.56. The predicted molar refractivity (Wildman–Crippen MR) is 79.9 cm³/mol. The van der Waals surface area contributed by atoms with E-state index in [1.165, 1.54) is 0 Å². The zero-order valence-corrected chi connectivity index (χ0v) is 12.4. The molecule has 2 aromatic carbocycles. The number of hydrogen-bond acceptors (Lipinski definition) is 3. The zero-order chi connectivity index (χ0) is 14.7. The van der Waals surface area contributed by atoms with Crippen molar-refractivity contribution in [2.75, 3.05) is 7.11 Å². The standard InChI is InChI=1S/C16H17ClO3/c1-10-7-8-12(17)9-15(10)20-14-6-4-5-13(19-3)16(14)11(2)18/h4-9,11,18H,1-3H3/t11-/m0/s1. The summed E-state index contributed by atoms with van der Waals surface area (Å²) in [6, 6.07) is 10.9. The van der Waals surface area contributed by atoms with Crippen LogP contribution in [0.15, 0.2) is 36.4 Å². The summed E-state index contributed by atoms with van der Waals surface area (Å²) >= 11 is 5.99. The van der Waals surface area contributed by atoms with Crippen molar-refractivity contribution in [2.24, 2.45) is 0 Å². The first-order chi connectivity index (χ1) is 9.52. The third-order valence-electron chi connectivity index (χ3n) is 3.03. The monoisotopic (exact) mass is 292 g/mol. The van der Waals surface area contributed by atoms with Gasteiger partial charge in [-0.2, -0.15) is 0 Å². The molecule has 1 atom stereocenters. The molecule has 4 heteroatoms. The van der Waals surface area contributed by atoms with E-state index in [9.17, 15) is 5.11 Å². The van der Waals surface area contributed by atoms with Crippen molar-refractivity contribution < 1.29 is 14.6 Å². The summed E-state index contributed by atoms with van der Waals surface area (Å²) < 4.78 is 11.2. The smallest absolute Gasteiger partial charge is 0.136 e. The van der Waals surface area contributed by atoms with E-state index >= 15 is 0 Å². The van der Waals surface area contributed by atoms with Crippen LogP contribution in [0.5, 0.6) is 17.2 Å². The summed E-state index contributed by atoms with van der Waals surface area (Å²) in [4.78, 5) is 0. The van der Waals surface area contributed by atoms with Crippen molar-refractivity contribution in [3.8, 4) is 17.2 Å². The Morgan fingerprint density at radius 2 is 1.80 bits per heavy atom. The Morgan fingerprint density at radius 1 is 1.10 bits per heavy atom. The van der Waals surface area contributed by atoms with Gasteiger partial charge in [-0.15, -0.1) is 0 Å². The van der Waals surface area contributed by atoms with E-state index in [-0.39, 0.29) is 0 Å². The lowest BCUT2D eigenvalue weighted by Gasteiger charge is -2.17. The van der Waals surface area contributed by atoms with E-state index in [1.54, 1.807) is 32.2 Å². The third kappa shape index (κ3) is 3.06. The van der Waals surface area contributed by atoms with Crippen LogP contribution in [-0.2, 0) is 0 Å². The van der Waals surface area contributed by atoms with Crippen molar-refractivity contribution in [2.45, 2.75) is 20.0 Å². The van der Waals surface area contributed by atoms with Gasteiger partial charge in [-0.25, -0.2) is 0 Å². The summed E-state index contributed by atoms with van der Waals surface area (Å²) in [5, 5.41) is 10.5. The van der Waals surface area contributed by atoms with E-state index in [0.29, 0.717) is 27.8 Å². The molecule has 0 bridgehead atoms. The van der Waals surface area contributed by atoms with Gasteiger partial charge in [0.15, 0.2) is 0 Å². The Morgan fingerprint density at radius 3 is 2.45 bits per heavy atom. The van der Waals surface area contributed by atoms with Crippen LogP contribution >= 0.6 is 11.6 Å². The molecule has 20 heavy (non-hydrogen) atoms. The normalized spacial score (nSPS) is 12.1. The van der Waals surface area contributed by atoms with Gasteiger partial charge in [0, 0.05) is 5.02 Å². The number of halogens is 1. The minimum Gasteiger partial charge on any atom is -0.496 e. The van der Waals surface area contributed by atoms with Crippen LogP contribution in [0, 0.1) is 6.92 Å². The number of rotatable bonds is 4. The second kappa shape index (κ2) is 6.16. The van der Waals surface area contributed by atoms with Gasteiger partial charge in [0.05, 0.1) is 18.8 Å². The zero-order valence-electron chi connectivity index (χ0n) is 11.7. The quantitative estimate of drug-likeness (QED) is 0.901. The van der Waals surface area contributed by atoms with Gasteiger partial charge in [-0.05, 0) is 43.7 Å². The maximum Gasteiger partial charge on any atom is 0.136 e. The van der Waals surface area contributed by atoms with Gasteiger partial charge in [0.2, 0.25) is 0 Å². The molecule has 0 aliphatic carbocycles. The van der Waals surface area contributed by atoms with Gasteiger partial charge in [0.25, 0.3) is 0 Å². The van der Waals surface area contributed by atoms with E-state index in [2.05, 4.69) is 0 Å². The lowest BCUT2D eigenvalue weighted by molar-refractivity contribution is 0.190. The average molecular weight is 293 g/mol. The van der Waals surface area contributed by atoms with Crippen LogP contribution in [-0.4, -0.2) is 12.2 Å². The number of benzene rings is 2. The summed E-state index contributed by atoms with van der Waals surface area (Å²) in [5.74, 6) is 1.81. The van der Waals surface area contributed by atoms with Crippen molar-refractivity contribution in [3.63, 3.8) is 0 Å². The van der Waals surface area contributed by atoms with Crippen molar-refractivity contribution in [1.29, 1.82) is 0 Å². The van der Waals surface area contributed by atoms with Crippen LogP contribution < -0.4 is 9.47 Å². The highest BCUT2D eigenvalue weighted by atomic mass is 35.5. The first-order valence-electron chi connectivity index (χ1n) is 6.32. The molecule has 0 fully saturated rings. The van der Waals surface area contributed by atoms with Gasteiger partial charge >= 0.3 is 0 Å². The molecule has 0 aliphatic heterocycles. The average Bonchev–Trinajstić information content (AvgIpc) is 2.42. The maximum atomic E-state index is 9.93. The van der Waals surface area contributed by atoms with Gasteiger partial charge in [-0.1, -0.05) is 23.7 Å². The highest BCUT2D eigenvalue weighted by Gasteiger charge is 2.16. The summed E-state index contributed by atoms with van der Waals surface area (Å²) in [7, 11) is 1.57. The Hall–Kier alpha value is -1.71. The first kappa shape index (κ1) is 14.7. The highest BCUT2D eigenvalue weighted by molar-refractivity contribution is 6.30. The molecule has 0 unspecified atom stereocenters. The highest BCUT2D eigenvalue weighted by Crippen LogP contribution is 2.37. The molecule has 0 aliphatic rings. The number of methoxy groups -OCH3 is 1. The molecule has 1 N–H and O–H groups in total. The molecule has 0 radical (unpaired) electrons. The Balaban J connectivity index is 2.45. The van der Waals surface area contributed by atoms with E-state index < -0.39 is 6.10 Å². The molecule has 0 saturated heterocycles. The van der Waals surface area contributed by atoms with Crippen molar-refractivity contribution in [3.05, 3.63) is 52.5 Å². The molecule has 106 valence electrons. The van der Waals surface area contributed by atoms with Gasteiger partial charge in [0.1, 0.15) is 17.2 Å². The van der Waals surface area contributed by atoms with E-state index in [4.69, 9.17) is 21.1 Å². The van der Waals surface area contributed by atoms with Crippen LogP contribution in [0.25, 0.3) is 0 Å². The molecular weight excluding hydrogens is 276 g/mol. The fourth-order valence-electron chi connectivity index (χ4n) is 2.00. The topological polar surface area (TPSA) is 38.7 Å². The fraction of sp³-hybridized carbons (Fsp3) is 0.250. The Kier molecular flexibility index (Phi) is 4.53. The third-order valence-corrected chi connectivity index (χ3v) is 3.27.